The molecule has 2 atom stereocenters. The normalized spacial score (nSPS) is 27.1. The van der Waals surface area contributed by atoms with Crippen LogP contribution >= 0.6 is 0 Å². The van der Waals surface area contributed by atoms with E-state index in [0.717, 1.165) is 37.4 Å². The number of aryl methyl sites for hydroxylation is 1. The molecule has 3 nitrogen and oxygen atoms in total. The highest BCUT2D eigenvalue weighted by molar-refractivity contribution is 5.41. The Hall–Kier alpha value is -1.84. The van der Waals surface area contributed by atoms with Crippen LogP contribution in [0.25, 0.3) is 0 Å². The van der Waals surface area contributed by atoms with Crippen LogP contribution in [-0.4, -0.2) is 37.2 Å². The van der Waals surface area contributed by atoms with Crippen molar-refractivity contribution in [1.82, 2.24) is 4.90 Å². The fraction of sp³-hybridized carbons (Fsp3) is 0.400. The molecule has 2 aromatic carbocycles. The molecule has 3 heteroatoms. The minimum atomic E-state index is -0.279. The summed E-state index contributed by atoms with van der Waals surface area (Å²) in [7, 11) is 2.16. The van der Waals surface area contributed by atoms with Crippen molar-refractivity contribution in [2.24, 2.45) is 0 Å². The lowest BCUT2D eigenvalue weighted by atomic mass is 9.94. The molecule has 0 saturated carbocycles. The predicted molar refractivity (Wildman–Crippen MR) is 90.9 cm³/mol. The minimum Gasteiger partial charge on any atom is -0.482 e. The first-order chi connectivity index (χ1) is 11.2. The molecule has 120 valence electrons. The molecule has 0 aromatic heterocycles. The third kappa shape index (κ3) is 2.54. The van der Waals surface area contributed by atoms with E-state index in [4.69, 9.17) is 9.47 Å². The van der Waals surface area contributed by atoms with Gasteiger partial charge in [-0.25, -0.2) is 0 Å². The molecule has 1 heterocycles. The highest BCUT2D eigenvalue weighted by Crippen LogP contribution is 2.46. The van der Waals surface area contributed by atoms with Gasteiger partial charge in [-0.15, -0.1) is 0 Å². The summed E-state index contributed by atoms with van der Waals surface area (Å²) in [6, 6.07) is 16.8. The summed E-state index contributed by atoms with van der Waals surface area (Å²) < 4.78 is 12.9. The Morgan fingerprint density at radius 2 is 1.91 bits per heavy atom. The van der Waals surface area contributed by atoms with Crippen LogP contribution in [0.1, 0.15) is 22.8 Å². The summed E-state index contributed by atoms with van der Waals surface area (Å²) in [5.41, 5.74) is 3.50. The average Bonchev–Trinajstić information content (AvgIpc) is 2.82. The van der Waals surface area contributed by atoms with Gasteiger partial charge in [-0.1, -0.05) is 42.5 Å². The number of ether oxygens (including phenoxy) is 2. The number of morpholine rings is 1. The first-order valence-corrected chi connectivity index (χ1v) is 8.31. The maximum atomic E-state index is 6.52. The summed E-state index contributed by atoms with van der Waals surface area (Å²) in [5.74, 6) is 0.949. The quantitative estimate of drug-likeness (QED) is 0.849. The summed E-state index contributed by atoms with van der Waals surface area (Å²) in [6.45, 7) is 4.74. The van der Waals surface area contributed by atoms with Crippen LogP contribution in [0.3, 0.4) is 0 Å². The van der Waals surface area contributed by atoms with Crippen LogP contribution in [0.2, 0.25) is 0 Å². The van der Waals surface area contributed by atoms with Gasteiger partial charge in [-0.05, 0) is 36.7 Å². The van der Waals surface area contributed by atoms with Crippen LogP contribution in [0.15, 0.2) is 48.5 Å². The van der Waals surface area contributed by atoms with Gasteiger partial charge in [-0.3, -0.25) is 0 Å². The zero-order valence-electron chi connectivity index (χ0n) is 13.8. The summed E-state index contributed by atoms with van der Waals surface area (Å²) in [4.78, 5) is 2.35. The number of fused-ring (bicyclic) bond motifs is 1. The van der Waals surface area contributed by atoms with Gasteiger partial charge in [0, 0.05) is 19.5 Å². The van der Waals surface area contributed by atoms with Gasteiger partial charge >= 0.3 is 0 Å². The van der Waals surface area contributed by atoms with Crippen LogP contribution in [0.5, 0.6) is 5.75 Å². The number of para-hydroxylation sites is 1. The van der Waals surface area contributed by atoms with Crippen molar-refractivity contribution in [3.63, 3.8) is 0 Å². The SMILES string of the molecule is Cc1ccccc1O[C@H]1c2ccccc2C[C@@]12CN(C)CCO2. The van der Waals surface area contributed by atoms with E-state index in [2.05, 4.69) is 55.3 Å². The van der Waals surface area contributed by atoms with Crippen molar-refractivity contribution in [3.8, 4) is 5.75 Å². The zero-order valence-corrected chi connectivity index (χ0v) is 13.8. The number of nitrogens with zero attached hydrogens (tertiary/aromatic N) is 1. The Morgan fingerprint density at radius 1 is 1.13 bits per heavy atom. The van der Waals surface area contributed by atoms with Crippen LogP contribution < -0.4 is 4.74 Å². The molecule has 0 N–H and O–H groups in total. The molecule has 2 aliphatic rings. The van der Waals surface area contributed by atoms with Crippen LogP contribution in [0.4, 0.5) is 0 Å². The molecule has 1 aliphatic carbocycles. The Bertz CT molecular complexity index is 714. The lowest BCUT2D eigenvalue weighted by Gasteiger charge is -2.42. The monoisotopic (exact) mass is 309 g/mol. The fourth-order valence-electron chi connectivity index (χ4n) is 3.89. The molecule has 0 radical (unpaired) electrons. The number of rotatable bonds is 2. The number of benzene rings is 2. The fourth-order valence-corrected chi connectivity index (χ4v) is 3.89. The second kappa shape index (κ2) is 5.66. The van der Waals surface area contributed by atoms with E-state index >= 15 is 0 Å². The van der Waals surface area contributed by atoms with Gasteiger partial charge in [0.2, 0.25) is 0 Å². The standard InChI is InChI=1S/C20H23NO2/c1-15-7-3-6-10-18(15)23-19-17-9-5-4-8-16(17)13-20(19)14-21(2)11-12-22-20/h3-10,19H,11-14H2,1-2H3/t19-,20+/m0/s1. The maximum absolute atomic E-state index is 6.52. The largest absolute Gasteiger partial charge is 0.482 e. The van der Waals surface area contributed by atoms with Crippen LogP contribution in [-0.2, 0) is 11.2 Å². The number of likely N-dealkylation sites (N-methyl/N-ethyl adjacent to an activating group) is 1. The molecule has 0 unspecified atom stereocenters. The second-order valence-electron chi connectivity index (χ2n) is 6.79. The van der Waals surface area contributed by atoms with E-state index in [1.54, 1.807) is 0 Å². The smallest absolute Gasteiger partial charge is 0.154 e. The highest BCUT2D eigenvalue weighted by Gasteiger charge is 2.51. The third-order valence-electron chi connectivity index (χ3n) is 5.04. The Morgan fingerprint density at radius 3 is 2.74 bits per heavy atom. The molecular weight excluding hydrogens is 286 g/mol. The Kier molecular flexibility index (Phi) is 3.63. The molecular formula is C20H23NO2. The molecule has 23 heavy (non-hydrogen) atoms. The predicted octanol–water partition coefficient (Wildman–Crippen LogP) is 3.37. The maximum Gasteiger partial charge on any atom is 0.154 e. The van der Waals surface area contributed by atoms with Crippen molar-refractivity contribution in [2.45, 2.75) is 25.0 Å². The van der Waals surface area contributed by atoms with Gasteiger partial charge in [0.25, 0.3) is 0 Å². The van der Waals surface area contributed by atoms with E-state index < -0.39 is 0 Å². The van der Waals surface area contributed by atoms with Crippen molar-refractivity contribution < 1.29 is 9.47 Å². The van der Waals surface area contributed by atoms with Crippen LogP contribution in [0, 0.1) is 6.92 Å². The van der Waals surface area contributed by atoms with Gasteiger partial charge in [-0.2, -0.15) is 0 Å². The molecule has 1 fully saturated rings. The van der Waals surface area contributed by atoms with E-state index in [0.29, 0.717) is 0 Å². The van der Waals surface area contributed by atoms with Crippen molar-refractivity contribution >= 4 is 0 Å². The molecule has 1 aliphatic heterocycles. The van der Waals surface area contributed by atoms with Crippen molar-refractivity contribution in [1.29, 1.82) is 0 Å². The van der Waals surface area contributed by atoms with E-state index in [1.165, 1.54) is 11.1 Å². The van der Waals surface area contributed by atoms with Crippen molar-refractivity contribution in [3.05, 3.63) is 65.2 Å². The summed E-state index contributed by atoms with van der Waals surface area (Å²) in [5, 5.41) is 0. The second-order valence-corrected chi connectivity index (χ2v) is 6.79. The summed E-state index contributed by atoms with van der Waals surface area (Å²) >= 11 is 0. The molecule has 4 rings (SSSR count). The minimum absolute atomic E-state index is 0.0532. The van der Waals surface area contributed by atoms with Crippen molar-refractivity contribution in [2.75, 3.05) is 26.7 Å². The first-order valence-electron chi connectivity index (χ1n) is 8.31. The zero-order chi connectivity index (χ0) is 15.9. The molecule has 0 amide bonds. The molecule has 1 spiro atoms. The highest BCUT2D eigenvalue weighted by atomic mass is 16.6. The van der Waals surface area contributed by atoms with E-state index in [9.17, 15) is 0 Å². The van der Waals surface area contributed by atoms with E-state index in [1.807, 2.05) is 12.1 Å². The van der Waals surface area contributed by atoms with Gasteiger partial charge < -0.3 is 14.4 Å². The van der Waals surface area contributed by atoms with Gasteiger partial charge in [0.15, 0.2) is 6.10 Å². The molecule has 0 bridgehead atoms. The molecule has 2 aromatic rings. The molecule has 1 saturated heterocycles. The topological polar surface area (TPSA) is 21.7 Å². The number of hydrogen-bond donors (Lipinski definition) is 0. The Balaban J connectivity index is 1.74. The lowest BCUT2D eigenvalue weighted by molar-refractivity contribution is -0.149. The first kappa shape index (κ1) is 14.7. The summed E-state index contributed by atoms with van der Waals surface area (Å²) in [6.07, 6.45) is 0.868. The average molecular weight is 309 g/mol. The van der Waals surface area contributed by atoms with E-state index in [-0.39, 0.29) is 11.7 Å². The van der Waals surface area contributed by atoms with Gasteiger partial charge in [0.1, 0.15) is 11.4 Å². The lowest BCUT2D eigenvalue weighted by Crippen LogP contribution is -2.54. The Labute approximate surface area is 137 Å². The number of hydrogen-bond acceptors (Lipinski definition) is 3. The third-order valence-corrected chi connectivity index (χ3v) is 5.04. The van der Waals surface area contributed by atoms with Gasteiger partial charge in [0.05, 0.1) is 6.61 Å².